The first-order chi connectivity index (χ1) is 12.3. The number of amides is 1. The molecule has 1 N–H and O–H groups in total. The largest absolute Gasteiger partial charge is 0.477 e. The molecule has 1 aliphatic rings. The molecule has 1 fully saturated rings. The van der Waals surface area contributed by atoms with E-state index in [1.807, 2.05) is 11.9 Å². The molecular formula is C20H27N3O3. The van der Waals surface area contributed by atoms with Crippen molar-refractivity contribution in [2.24, 2.45) is 7.05 Å². The lowest BCUT2D eigenvalue weighted by Gasteiger charge is -2.34. The third-order valence-corrected chi connectivity index (χ3v) is 5.28. The number of hydrogen-bond donors (Lipinski definition) is 1. The van der Waals surface area contributed by atoms with E-state index in [-0.39, 0.29) is 5.91 Å². The lowest BCUT2D eigenvalue weighted by atomic mass is 9.97. The Bertz CT molecular complexity index is 846. The second kappa shape index (κ2) is 7.11. The number of carbonyl (C=O) groups is 2. The van der Waals surface area contributed by atoms with Crippen LogP contribution in [0.2, 0.25) is 0 Å². The normalized spacial score (nSPS) is 15.8. The zero-order chi connectivity index (χ0) is 19.0. The van der Waals surface area contributed by atoms with Gasteiger partial charge < -0.3 is 14.6 Å². The van der Waals surface area contributed by atoms with Crippen molar-refractivity contribution in [1.82, 2.24) is 14.4 Å². The standard InChI is InChI=1S/C20H27N3O3/c1-13(2)17-10-15(12-22-5-7-23(8-6-22)14(3)24)9-16-11-18(20(25)26)21(4)19(16)17/h9-11,13H,5-8,12H2,1-4H3,(H,25,26). The number of carboxylic acid groups (broad SMARTS) is 1. The fraction of sp³-hybridized carbons (Fsp3) is 0.500. The van der Waals surface area contributed by atoms with Crippen molar-refractivity contribution in [3.8, 4) is 0 Å². The van der Waals surface area contributed by atoms with Crippen LogP contribution in [0.3, 0.4) is 0 Å². The van der Waals surface area contributed by atoms with Gasteiger partial charge in [-0.2, -0.15) is 0 Å². The molecular weight excluding hydrogens is 330 g/mol. The average Bonchev–Trinajstić information content (AvgIpc) is 2.91. The van der Waals surface area contributed by atoms with Crippen LogP contribution >= 0.6 is 0 Å². The molecule has 0 bridgehead atoms. The van der Waals surface area contributed by atoms with Gasteiger partial charge in [0.25, 0.3) is 0 Å². The van der Waals surface area contributed by atoms with Crippen LogP contribution in [0.15, 0.2) is 18.2 Å². The zero-order valence-corrected chi connectivity index (χ0v) is 16.0. The average molecular weight is 357 g/mol. The molecule has 0 saturated carbocycles. The van der Waals surface area contributed by atoms with Gasteiger partial charge in [0.2, 0.25) is 5.91 Å². The molecule has 1 aromatic heterocycles. The van der Waals surface area contributed by atoms with Gasteiger partial charge in [0, 0.05) is 52.1 Å². The highest BCUT2D eigenvalue weighted by atomic mass is 16.4. The smallest absolute Gasteiger partial charge is 0.352 e. The minimum atomic E-state index is -0.902. The SMILES string of the molecule is CC(=O)N1CCN(Cc2cc(C(C)C)c3c(c2)cc(C(=O)O)n3C)CC1. The Kier molecular flexibility index (Phi) is 5.05. The predicted octanol–water partition coefficient (Wildman–Crippen LogP) is 2.66. The maximum Gasteiger partial charge on any atom is 0.352 e. The zero-order valence-electron chi connectivity index (χ0n) is 16.0. The van der Waals surface area contributed by atoms with E-state index in [1.165, 1.54) is 11.1 Å². The molecule has 0 spiro atoms. The Hall–Kier alpha value is -2.34. The number of aryl methyl sites for hydroxylation is 1. The molecule has 3 rings (SSSR count). The number of rotatable bonds is 4. The number of fused-ring (bicyclic) bond motifs is 1. The van der Waals surface area contributed by atoms with Gasteiger partial charge in [-0.05, 0) is 29.2 Å². The van der Waals surface area contributed by atoms with E-state index in [0.717, 1.165) is 43.6 Å². The van der Waals surface area contributed by atoms with Crippen molar-refractivity contribution >= 4 is 22.8 Å². The summed E-state index contributed by atoms with van der Waals surface area (Å²) in [4.78, 5) is 27.2. The number of aromatic nitrogens is 1. The van der Waals surface area contributed by atoms with E-state index in [9.17, 15) is 14.7 Å². The summed E-state index contributed by atoms with van der Waals surface area (Å²) in [6, 6.07) is 6.07. The molecule has 0 aliphatic carbocycles. The van der Waals surface area contributed by atoms with Crippen LogP contribution in [-0.2, 0) is 18.4 Å². The summed E-state index contributed by atoms with van der Waals surface area (Å²) in [5.74, 6) is -0.457. The predicted molar refractivity (Wildman–Crippen MR) is 101 cm³/mol. The second-order valence-corrected chi connectivity index (χ2v) is 7.45. The van der Waals surface area contributed by atoms with Crippen LogP contribution in [0.4, 0.5) is 0 Å². The Morgan fingerprint density at radius 1 is 1.12 bits per heavy atom. The summed E-state index contributed by atoms with van der Waals surface area (Å²) in [5.41, 5.74) is 3.69. The van der Waals surface area contributed by atoms with E-state index < -0.39 is 5.97 Å². The topological polar surface area (TPSA) is 65.8 Å². The molecule has 6 nitrogen and oxygen atoms in total. The Morgan fingerprint density at radius 2 is 1.77 bits per heavy atom. The third kappa shape index (κ3) is 3.46. The molecule has 1 amide bonds. The van der Waals surface area contributed by atoms with Crippen molar-refractivity contribution in [2.45, 2.75) is 33.2 Å². The van der Waals surface area contributed by atoms with Crippen LogP contribution in [-0.4, -0.2) is 57.5 Å². The number of carbonyl (C=O) groups excluding carboxylic acids is 1. The van der Waals surface area contributed by atoms with Gasteiger partial charge in [-0.3, -0.25) is 9.69 Å². The number of aromatic carboxylic acids is 1. The lowest BCUT2D eigenvalue weighted by molar-refractivity contribution is -0.130. The van der Waals surface area contributed by atoms with Crippen LogP contribution in [0, 0.1) is 0 Å². The minimum absolute atomic E-state index is 0.138. The molecule has 0 atom stereocenters. The first-order valence-electron chi connectivity index (χ1n) is 9.11. The van der Waals surface area contributed by atoms with Gasteiger partial charge in [-0.25, -0.2) is 4.79 Å². The van der Waals surface area contributed by atoms with E-state index in [4.69, 9.17) is 0 Å². The first kappa shape index (κ1) is 18.5. The number of piperazine rings is 1. The van der Waals surface area contributed by atoms with Crippen LogP contribution in [0.25, 0.3) is 10.9 Å². The fourth-order valence-corrected chi connectivity index (χ4v) is 3.82. The highest BCUT2D eigenvalue weighted by Gasteiger charge is 2.21. The van der Waals surface area contributed by atoms with E-state index >= 15 is 0 Å². The molecule has 2 heterocycles. The molecule has 0 unspecified atom stereocenters. The molecule has 0 radical (unpaired) electrons. The quantitative estimate of drug-likeness (QED) is 0.914. The van der Waals surface area contributed by atoms with E-state index in [2.05, 4.69) is 30.9 Å². The van der Waals surface area contributed by atoms with Crippen molar-refractivity contribution in [2.75, 3.05) is 26.2 Å². The van der Waals surface area contributed by atoms with Gasteiger partial charge in [-0.15, -0.1) is 0 Å². The highest BCUT2D eigenvalue weighted by Crippen LogP contribution is 2.30. The summed E-state index contributed by atoms with van der Waals surface area (Å²) in [6.45, 7) is 9.97. The highest BCUT2D eigenvalue weighted by molar-refractivity contribution is 5.96. The van der Waals surface area contributed by atoms with Crippen LogP contribution in [0.5, 0.6) is 0 Å². The summed E-state index contributed by atoms with van der Waals surface area (Å²) in [6.07, 6.45) is 0. The van der Waals surface area contributed by atoms with Gasteiger partial charge in [-0.1, -0.05) is 19.9 Å². The maximum absolute atomic E-state index is 11.5. The lowest BCUT2D eigenvalue weighted by Crippen LogP contribution is -2.47. The van der Waals surface area contributed by atoms with E-state index in [0.29, 0.717) is 11.6 Å². The van der Waals surface area contributed by atoms with Crippen LogP contribution in [0.1, 0.15) is 48.3 Å². The minimum Gasteiger partial charge on any atom is -0.477 e. The van der Waals surface area contributed by atoms with Gasteiger partial charge >= 0.3 is 5.97 Å². The number of benzene rings is 1. The van der Waals surface area contributed by atoms with Crippen molar-refractivity contribution in [1.29, 1.82) is 0 Å². The Morgan fingerprint density at radius 3 is 2.31 bits per heavy atom. The molecule has 6 heteroatoms. The van der Waals surface area contributed by atoms with Gasteiger partial charge in [0.1, 0.15) is 5.69 Å². The number of carboxylic acids is 1. The van der Waals surface area contributed by atoms with Gasteiger partial charge in [0.05, 0.1) is 5.52 Å². The molecule has 1 aromatic carbocycles. The van der Waals surface area contributed by atoms with Crippen molar-refractivity contribution < 1.29 is 14.7 Å². The second-order valence-electron chi connectivity index (χ2n) is 7.45. The summed E-state index contributed by atoms with van der Waals surface area (Å²) in [7, 11) is 1.82. The fourth-order valence-electron chi connectivity index (χ4n) is 3.82. The summed E-state index contributed by atoms with van der Waals surface area (Å²) < 4.78 is 1.78. The number of nitrogens with zero attached hydrogens (tertiary/aromatic N) is 3. The maximum atomic E-state index is 11.5. The number of hydrogen-bond acceptors (Lipinski definition) is 3. The monoisotopic (exact) mass is 357 g/mol. The summed E-state index contributed by atoms with van der Waals surface area (Å²) in [5, 5.41) is 10.4. The first-order valence-corrected chi connectivity index (χ1v) is 9.11. The van der Waals surface area contributed by atoms with Crippen molar-refractivity contribution in [3.63, 3.8) is 0 Å². The molecule has 140 valence electrons. The summed E-state index contributed by atoms with van der Waals surface area (Å²) >= 11 is 0. The van der Waals surface area contributed by atoms with Crippen LogP contribution < -0.4 is 0 Å². The molecule has 2 aromatic rings. The molecule has 1 saturated heterocycles. The van der Waals surface area contributed by atoms with Gasteiger partial charge in [0.15, 0.2) is 0 Å². The molecule has 1 aliphatic heterocycles. The molecule has 26 heavy (non-hydrogen) atoms. The van der Waals surface area contributed by atoms with Crippen molar-refractivity contribution in [3.05, 3.63) is 35.0 Å². The van der Waals surface area contributed by atoms with E-state index in [1.54, 1.807) is 17.6 Å². The Balaban J connectivity index is 1.90. The third-order valence-electron chi connectivity index (χ3n) is 5.28. The Labute approximate surface area is 154 Å².